The molecule has 0 aliphatic heterocycles. The summed E-state index contributed by atoms with van der Waals surface area (Å²) in [6, 6.07) is 13.5. The molecule has 0 unspecified atom stereocenters. The van der Waals surface area contributed by atoms with Crippen LogP contribution in [0.15, 0.2) is 53.4 Å². The highest BCUT2D eigenvalue weighted by Crippen LogP contribution is 2.22. The van der Waals surface area contributed by atoms with E-state index in [4.69, 9.17) is 5.11 Å². The lowest BCUT2D eigenvalue weighted by Gasteiger charge is -2.12. The van der Waals surface area contributed by atoms with Crippen LogP contribution in [0.5, 0.6) is 0 Å². The van der Waals surface area contributed by atoms with Crippen molar-refractivity contribution in [3.8, 4) is 0 Å². The van der Waals surface area contributed by atoms with Crippen molar-refractivity contribution >= 4 is 21.4 Å². The number of hydrogen-bond donors (Lipinski definition) is 3. The number of hydrogen-bond acceptors (Lipinski definition) is 4. The summed E-state index contributed by atoms with van der Waals surface area (Å²) < 4.78 is 27.0. The van der Waals surface area contributed by atoms with Gasteiger partial charge in [0.15, 0.2) is 0 Å². The largest absolute Gasteiger partial charge is 0.395 e. The molecule has 21 heavy (non-hydrogen) atoms. The van der Waals surface area contributed by atoms with E-state index in [0.717, 1.165) is 11.3 Å². The molecule has 2 rings (SSSR count). The molecule has 0 amide bonds. The van der Waals surface area contributed by atoms with Gasteiger partial charge in [-0.1, -0.05) is 24.3 Å². The zero-order valence-electron chi connectivity index (χ0n) is 11.7. The molecule has 0 fully saturated rings. The van der Waals surface area contributed by atoms with Gasteiger partial charge < -0.3 is 10.4 Å². The number of anilines is 2. The first kappa shape index (κ1) is 15.3. The Labute approximate surface area is 124 Å². The van der Waals surface area contributed by atoms with Crippen LogP contribution in [-0.2, 0) is 10.0 Å². The molecule has 0 radical (unpaired) electrons. The van der Waals surface area contributed by atoms with Gasteiger partial charge in [0.25, 0.3) is 10.0 Å². The quantitative estimate of drug-likeness (QED) is 0.764. The predicted molar refractivity (Wildman–Crippen MR) is 84.0 cm³/mol. The van der Waals surface area contributed by atoms with Crippen LogP contribution in [0.1, 0.15) is 5.56 Å². The number of nitrogens with one attached hydrogen (secondary N) is 2. The Bertz CT molecular complexity index is 700. The maximum atomic E-state index is 12.2. The summed E-state index contributed by atoms with van der Waals surface area (Å²) in [5.74, 6) is 0. The van der Waals surface area contributed by atoms with E-state index in [1.54, 1.807) is 42.5 Å². The molecule has 0 aliphatic carbocycles. The fourth-order valence-corrected chi connectivity index (χ4v) is 2.95. The van der Waals surface area contributed by atoms with Gasteiger partial charge in [-0.2, -0.15) is 0 Å². The predicted octanol–water partition coefficient (Wildman–Crippen LogP) is 2.20. The molecule has 2 aromatic carbocycles. The fraction of sp³-hybridized carbons (Fsp3) is 0.200. The Balaban J connectivity index is 2.23. The average Bonchev–Trinajstić information content (AvgIpc) is 2.48. The molecule has 112 valence electrons. The number of benzene rings is 2. The van der Waals surface area contributed by atoms with Crippen LogP contribution in [0.2, 0.25) is 0 Å². The maximum Gasteiger partial charge on any atom is 0.261 e. The molecule has 0 atom stereocenters. The van der Waals surface area contributed by atoms with E-state index in [1.165, 1.54) is 0 Å². The highest BCUT2D eigenvalue weighted by atomic mass is 32.2. The number of rotatable bonds is 6. The van der Waals surface area contributed by atoms with Crippen LogP contribution in [-0.4, -0.2) is 26.7 Å². The molecule has 0 spiro atoms. The zero-order valence-corrected chi connectivity index (χ0v) is 12.5. The molecule has 0 heterocycles. The second kappa shape index (κ2) is 6.60. The second-order valence-electron chi connectivity index (χ2n) is 4.60. The Kier molecular flexibility index (Phi) is 4.82. The molecule has 0 saturated carbocycles. The molecule has 3 N–H and O–H groups in total. The minimum absolute atomic E-state index is 0.0133. The van der Waals surface area contributed by atoms with Crippen molar-refractivity contribution in [3.05, 3.63) is 54.1 Å². The van der Waals surface area contributed by atoms with E-state index < -0.39 is 10.0 Å². The van der Waals surface area contributed by atoms with Gasteiger partial charge in [-0.05, 0) is 36.8 Å². The van der Waals surface area contributed by atoms with E-state index >= 15 is 0 Å². The molecule has 6 heteroatoms. The third-order valence-corrected chi connectivity index (χ3v) is 4.37. The summed E-state index contributed by atoms with van der Waals surface area (Å²) in [7, 11) is -3.59. The van der Waals surface area contributed by atoms with Gasteiger partial charge in [-0.15, -0.1) is 0 Å². The van der Waals surface area contributed by atoms with Crippen LogP contribution >= 0.6 is 0 Å². The van der Waals surface area contributed by atoms with E-state index in [1.807, 2.05) is 13.0 Å². The summed E-state index contributed by atoms with van der Waals surface area (Å²) in [5.41, 5.74) is 2.24. The van der Waals surface area contributed by atoms with Crippen molar-refractivity contribution in [2.24, 2.45) is 0 Å². The topological polar surface area (TPSA) is 78.4 Å². The normalized spacial score (nSPS) is 11.1. The fourth-order valence-electron chi connectivity index (χ4n) is 1.88. The van der Waals surface area contributed by atoms with Crippen molar-refractivity contribution in [3.63, 3.8) is 0 Å². The number of aryl methyl sites for hydroxylation is 1. The van der Waals surface area contributed by atoms with E-state index in [0.29, 0.717) is 12.2 Å². The van der Waals surface area contributed by atoms with Gasteiger partial charge in [-0.3, -0.25) is 4.72 Å². The van der Waals surface area contributed by atoms with E-state index in [-0.39, 0.29) is 11.5 Å². The van der Waals surface area contributed by atoms with Gasteiger partial charge in [0.2, 0.25) is 0 Å². The van der Waals surface area contributed by atoms with Crippen LogP contribution in [0.25, 0.3) is 0 Å². The summed E-state index contributed by atoms with van der Waals surface area (Å²) in [5, 5.41) is 11.9. The minimum Gasteiger partial charge on any atom is -0.395 e. The van der Waals surface area contributed by atoms with Crippen LogP contribution in [0, 0.1) is 6.92 Å². The summed E-state index contributed by atoms with van der Waals surface area (Å²) in [4.78, 5) is 0.218. The molecule has 0 saturated heterocycles. The monoisotopic (exact) mass is 306 g/mol. The first-order chi connectivity index (χ1) is 10.0. The minimum atomic E-state index is -3.59. The maximum absolute atomic E-state index is 12.2. The summed E-state index contributed by atoms with van der Waals surface area (Å²) in [6.45, 7) is 2.34. The lowest BCUT2D eigenvalue weighted by atomic mass is 10.2. The van der Waals surface area contributed by atoms with Crippen LogP contribution in [0.4, 0.5) is 11.4 Å². The highest BCUT2D eigenvalue weighted by Gasteiger charge is 2.13. The first-order valence-corrected chi connectivity index (χ1v) is 8.04. The average molecular weight is 306 g/mol. The van der Waals surface area contributed by atoms with Gasteiger partial charge in [-0.25, -0.2) is 8.42 Å². The first-order valence-electron chi connectivity index (χ1n) is 6.56. The molecular formula is C15H18N2O3S. The lowest BCUT2D eigenvalue weighted by Crippen LogP contribution is -2.13. The third kappa shape index (κ3) is 3.96. The Hall–Kier alpha value is -2.05. The third-order valence-electron chi connectivity index (χ3n) is 2.97. The number of aliphatic hydroxyl groups is 1. The van der Waals surface area contributed by atoms with Gasteiger partial charge >= 0.3 is 0 Å². The van der Waals surface area contributed by atoms with Crippen molar-refractivity contribution < 1.29 is 13.5 Å². The van der Waals surface area contributed by atoms with Crippen LogP contribution < -0.4 is 10.0 Å². The molecule has 0 bridgehead atoms. The number of aliphatic hydroxyl groups excluding tert-OH is 1. The van der Waals surface area contributed by atoms with E-state index in [9.17, 15) is 8.42 Å². The second-order valence-corrected chi connectivity index (χ2v) is 6.28. The molecule has 2 aromatic rings. The Morgan fingerprint density at radius 2 is 1.81 bits per heavy atom. The summed E-state index contributed by atoms with van der Waals surface area (Å²) >= 11 is 0. The Morgan fingerprint density at radius 3 is 2.48 bits per heavy atom. The number of sulfonamides is 1. The van der Waals surface area contributed by atoms with Crippen molar-refractivity contribution in [1.82, 2.24) is 0 Å². The van der Waals surface area contributed by atoms with Crippen molar-refractivity contribution in [1.29, 1.82) is 0 Å². The van der Waals surface area contributed by atoms with Gasteiger partial charge in [0.05, 0.1) is 17.2 Å². The van der Waals surface area contributed by atoms with Crippen molar-refractivity contribution in [2.75, 3.05) is 23.2 Å². The lowest BCUT2D eigenvalue weighted by molar-refractivity contribution is 0.311. The zero-order chi connectivity index (χ0) is 15.3. The van der Waals surface area contributed by atoms with Gasteiger partial charge in [0.1, 0.15) is 0 Å². The van der Waals surface area contributed by atoms with Crippen LogP contribution in [0.3, 0.4) is 0 Å². The van der Waals surface area contributed by atoms with Gasteiger partial charge in [0, 0.05) is 12.2 Å². The standard InChI is InChI=1S/C15H18N2O3S/c1-12-7-8-13(11-15(12)16-9-10-18)17-21(19,20)14-5-3-2-4-6-14/h2-8,11,16-18H,9-10H2,1H3. The summed E-state index contributed by atoms with van der Waals surface area (Å²) in [6.07, 6.45) is 0. The molecule has 0 aliphatic rings. The smallest absolute Gasteiger partial charge is 0.261 e. The van der Waals surface area contributed by atoms with E-state index in [2.05, 4.69) is 10.0 Å². The SMILES string of the molecule is Cc1ccc(NS(=O)(=O)c2ccccc2)cc1NCCO. The molecular weight excluding hydrogens is 288 g/mol. The van der Waals surface area contributed by atoms with Crippen molar-refractivity contribution in [2.45, 2.75) is 11.8 Å². The molecule has 5 nitrogen and oxygen atoms in total. The molecule has 0 aromatic heterocycles. The highest BCUT2D eigenvalue weighted by molar-refractivity contribution is 7.92. The Morgan fingerprint density at radius 1 is 1.10 bits per heavy atom.